The lowest BCUT2D eigenvalue weighted by Gasteiger charge is -2.04. The number of aryl methyl sites for hydroxylation is 2. The van der Waals surface area contributed by atoms with Gasteiger partial charge in [0, 0.05) is 32.3 Å². The molecule has 4 rings (SSSR count). The Kier molecular flexibility index (Phi) is 5.26. The monoisotopic (exact) mass is 451 g/mol. The van der Waals surface area contributed by atoms with Crippen molar-refractivity contribution in [3.05, 3.63) is 44.7 Å². The Morgan fingerprint density at radius 2 is 2.10 bits per heavy atom. The number of nitro groups is 1. The fraction of sp³-hybridized carbons (Fsp3) is 0.312. The van der Waals surface area contributed by atoms with Gasteiger partial charge in [0.05, 0.1) is 23.1 Å². The molecule has 156 valence electrons. The lowest BCUT2D eigenvalue weighted by molar-refractivity contribution is -0.386. The van der Waals surface area contributed by atoms with Crippen LogP contribution in [0.1, 0.15) is 12.1 Å². The Morgan fingerprint density at radius 3 is 2.80 bits per heavy atom. The highest BCUT2D eigenvalue weighted by atomic mass is 35.5. The van der Waals surface area contributed by atoms with E-state index in [9.17, 15) is 10.1 Å². The van der Waals surface area contributed by atoms with Crippen molar-refractivity contribution in [1.82, 2.24) is 39.3 Å². The maximum Gasteiger partial charge on any atom is 0.353 e. The topological polar surface area (TPSA) is 132 Å². The first-order valence-electron chi connectivity index (χ1n) is 8.76. The van der Waals surface area contributed by atoms with Crippen LogP contribution in [0, 0.1) is 17.0 Å². The molecule has 0 unspecified atom stereocenters. The van der Waals surface area contributed by atoms with Crippen LogP contribution in [0.25, 0.3) is 16.9 Å². The van der Waals surface area contributed by atoms with Gasteiger partial charge in [-0.25, -0.2) is 14.3 Å². The first-order valence-corrected chi connectivity index (χ1v) is 9.52. The molecule has 0 bridgehead atoms. The van der Waals surface area contributed by atoms with E-state index in [1.807, 2.05) is 0 Å². The predicted octanol–water partition coefficient (Wildman–Crippen LogP) is 2.74. The summed E-state index contributed by atoms with van der Waals surface area (Å²) in [5.74, 6) is 0.520. The molecule has 14 heteroatoms. The van der Waals surface area contributed by atoms with Gasteiger partial charge in [0.25, 0.3) is 0 Å². The quantitative estimate of drug-likeness (QED) is 0.181. The average molecular weight is 452 g/mol. The molecule has 0 aliphatic heterocycles. The summed E-state index contributed by atoms with van der Waals surface area (Å²) in [6.07, 6.45) is 3.56. The van der Waals surface area contributed by atoms with Crippen LogP contribution in [-0.2, 0) is 13.6 Å². The van der Waals surface area contributed by atoms with Gasteiger partial charge in [-0.1, -0.05) is 11.6 Å². The van der Waals surface area contributed by atoms with Crippen molar-refractivity contribution in [3.8, 4) is 11.7 Å². The number of rotatable bonds is 7. The van der Waals surface area contributed by atoms with E-state index < -0.39 is 4.92 Å². The van der Waals surface area contributed by atoms with Crippen molar-refractivity contribution in [2.75, 3.05) is 6.61 Å². The Morgan fingerprint density at radius 1 is 1.30 bits per heavy atom. The summed E-state index contributed by atoms with van der Waals surface area (Å²) in [6.45, 7) is 2.18. The van der Waals surface area contributed by atoms with Crippen LogP contribution in [0.4, 0.5) is 5.69 Å². The Balaban J connectivity index is 1.50. The largest absolute Gasteiger partial charge is 0.472 e. The van der Waals surface area contributed by atoms with E-state index in [2.05, 4.69) is 25.3 Å². The molecule has 0 atom stereocenters. The van der Waals surface area contributed by atoms with Crippen LogP contribution >= 0.6 is 23.2 Å². The highest BCUT2D eigenvalue weighted by Gasteiger charge is 2.28. The van der Waals surface area contributed by atoms with Crippen molar-refractivity contribution in [2.45, 2.75) is 19.9 Å². The number of fused-ring (bicyclic) bond motifs is 1. The van der Waals surface area contributed by atoms with E-state index in [0.717, 1.165) is 0 Å². The number of nitrogens with zero attached hydrogens (tertiary/aromatic N) is 9. The summed E-state index contributed by atoms with van der Waals surface area (Å²) in [4.78, 5) is 19.1. The van der Waals surface area contributed by atoms with Crippen molar-refractivity contribution in [1.29, 1.82) is 0 Å². The lowest BCUT2D eigenvalue weighted by Crippen LogP contribution is -2.08. The molecule has 4 aromatic heterocycles. The Labute approximate surface area is 179 Å². The third-order valence-electron chi connectivity index (χ3n) is 4.42. The lowest BCUT2D eigenvalue weighted by atomic mass is 10.4. The van der Waals surface area contributed by atoms with E-state index in [1.165, 1.54) is 10.9 Å². The maximum absolute atomic E-state index is 11.5. The highest BCUT2D eigenvalue weighted by Crippen LogP contribution is 2.31. The second-order valence-electron chi connectivity index (χ2n) is 6.31. The molecule has 0 N–H and O–H groups in total. The fourth-order valence-corrected chi connectivity index (χ4v) is 3.37. The van der Waals surface area contributed by atoms with Crippen LogP contribution in [0.5, 0.6) is 5.88 Å². The SMILES string of the molecule is Cc1c([N+](=O)[O-])c(OCCCn2nc(Cl)c3cnc(Cl)nc32)nn1-c1ccnn1C. The standard InChI is InChI=1S/C16H15Cl2N9O3/c1-9-12(27(28)29)15(23-26(9)11-4-5-20-24(11)2)30-7-3-6-25-14-10(13(17)22-25)8-19-16(18)21-14/h4-5,8H,3,6-7H2,1-2H3. The minimum absolute atomic E-state index is 0.0626. The number of ether oxygens (including phenoxy) is 1. The second kappa shape index (κ2) is 7.88. The molecule has 4 heterocycles. The average Bonchev–Trinajstić information content (AvgIpc) is 3.34. The van der Waals surface area contributed by atoms with Gasteiger partial charge in [-0.15, -0.1) is 5.10 Å². The summed E-state index contributed by atoms with van der Waals surface area (Å²) in [5, 5.41) is 25.0. The number of hydrogen-bond acceptors (Lipinski definition) is 8. The predicted molar refractivity (Wildman–Crippen MR) is 107 cm³/mol. The smallest absolute Gasteiger partial charge is 0.353 e. The molecule has 4 aromatic rings. The number of aromatic nitrogens is 8. The molecule has 0 amide bonds. The van der Waals surface area contributed by atoms with E-state index in [-0.39, 0.29) is 28.6 Å². The van der Waals surface area contributed by atoms with Crippen LogP contribution in [-0.4, -0.2) is 50.8 Å². The molecular formula is C16H15Cl2N9O3. The zero-order valence-electron chi connectivity index (χ0n) is 15.9. The Bertz CT molecular complexity index is 1250. The van der Waals surface area contributed by atoms with Gasteiger partial charge >= 0.3 is 11.6 Å². The second-order valence-corrected chi connectivity index (χ2v) is 7.01. The molecule has 30 heavy (non-hydrogen) atoms. The van der Waals surface area contributed by atoms with Gasteiger partial charge in [-0.2, -0.15) is 15.2 Å². The van der Waals surface area contributed by atoms with E-state index in [1.54, 1.807) is 35.6 Å². The molecule has 0 aliphatic carbocycles. The van der Waals surface area contributed by atoms with E-state index in [0.29, 0.717) is 35.5 Å². The molecular weight excluding hydrogens is 437 g/mol. The van der Waals surface area contributed by atoms with Gasteiger partial charge in [0.15, 0.2) is 16.6 Å². The normalized spacial score (nSPS) is 11.3. The van der Waals surface area contributed by atoms with E-state index in [4.69, 9.17) is 27.9 Å². The first kappa shape index (κ1) is 20.0. The van der Waals surface area contributed by atoms with Gasteiger partial charge in [-0.05, 0) is 18.5 Å². The molecule has 0 aromatic carbocycles. The Hall–Kier alpha value is -3.25. The summed E-state index contributed by atoms with van der Waals surface area (Å²) < 4.78 is 10.2. The summed E-state index contributed by atoms with van der Waals surface area (Å²) in [7, 11) is 1.72. The fourth-order valence-electron chi connectivity index (χ4n) is 3.01. The molecule has 0 radical (unpaired) electrons. The van der Waals surface area contributed by atoms with Crippen LogP contribution in [0.3, 0.4) is 0 Å². The van der Waals surface area contributed by atoms with Gasteiger partial charge < -0.3 is 4.74 Å². The number of halogens is 2. The summed E-state index contributed by atoms with van der Waals surface area (Å²) in [5.41, 5.74) is 0.653. The molecule has 12 nitrogen and oxygen atoms in total. The van der Waals surface area contributed by atoms with Crippen LogP contribution in [0.2, 0.25) is 10.4 Å². The zero-order valence-corrected chi connectivity index (χ0v) is 17.4. The van der Waals surface area contributed by atoms with Crippen molar-refractivity contribution in [2.24, 2.45) is 7.05 Å². The van der Waals surface area contributed by atoms with Crippen LogP contribution in [0.15, 0.2) is 18.5 Å². The third-order valence-corrected chi connectivity index (χ3v) is 4.88. The summed E-state index contributed by atoms with van der Waals surface area (Å²) >= 11 is 11.9. The van der Waals surface area contributed by atoms with Gasteiger partial charge in [0.2, 0.25) is 5.28 Å². The number of hydrogen-bond donors (Lipinski definition) is 0. The van der Waals surface area contributed by atoms with Gasteiger partial charge in [-0.3, -0.25) is 14.8 Å². The molecule has 0 saturated carbocycles. The van der Waals surface area contributed by atoms with Gasteiger partial charge in [0.1, 0.15) is 5.69 Å². The minimum atomic E-state index is -0.510. The molecule has 0 spiro atoms. The molecule has 0 aliphatic rings. The van der Waals surface area contributed by atoms with Crippen molar-refractivity contribution >= 4 is 39.9 Å². The third kappa shape index (κ3) is 3.55. The zero-order chi connectivity index (χ0) is 21.4. The van der Waals surface area contributed by atoms with E-state index >= 15 is 0 Å². The molecule has 0 saturated heterocycles. The van der Waals surface area contributed by atoms with Crippen molar-refractivity contribution in [3.63, 3.8) is 0 Å². The van der Waals surface area contributed by atoms with Crippen molar-refractivity contribution < 1.29 is 9.66 Å². The maximum atomic E-state index is 11.5. The molecule has 0 fully saturated rings. The minimum Gasteiger partial charge on any atom is -0.472 e. The first-order chi connectivity index (χ1) is 14.4. The highest BCUT2D eigenvalue weighted by molar-refractivity contribution is 6.34. The summed E-state index contributed by atoms with van der Waals surface area (Å²) in [6, 6.07) is 1.70. The van der Waals surface area contributed by atoms with Crippen LogP contribution < -0.4 is 4.74 Å².